The quantitative estimate of drug-likeness (QED) is 0.574. The zero-order valence-corrected chi connectivity index (χ0v) is 20.3. The summed E-state index contributed by atoms with van der Waals surface area (Å²) < 4.78 is 29.1. The highest BCUT2D eigenvalue weighted by atomic mass is 19.1. The van der Waals surface area contributed by atoms with Crippen molar-refractivity contribution in [2.45, 2.75) is 44.6 Å². The highest BCUT2D eigenvalue weighted by Crippen LogP contribution is 2.42. The molecule has 8 heteroatoms. The van der Waals surface area contributed by atoms with E-state index in [1.165, 1.54) is 23.8 Å². The summed E-state index contributed by atoms with van der Waals surface area (Å²) in [7, 11) is 2.00. The van der Waals surface area contributed by atoms with Gasteiger partial charge in [0, 0.05) is 67.1 Å². The number of benzene rings is 1. The first-order valence-electron chi connectivity index (χ1n) is 12.7. The number of carbonyl (C=O) groups is 1. The number of carboxylic acid groups (broad SMARTS) is 1. The van der Waals surface area contributed by atoms with Crippen LogP contribution in [0.3, 0.4) is 0 Å². The lowest BCUT2D eigenvalue weighted by Gasteiger charge is -2.38. The van der Waals surface area contributed by atoms with Gasteiger partial charge in [-0.2, -0.15) is 5.10 Å². The fourth-order valence-corrected chi connectivity index (χ4v) is 6.52. The van der Waals surface area contributed by atoms with E-state index in [1.807, 2.05) is 13.2 Å². The van der Waals surface area contributed by atoms with Gasteiger partial charge in [-0.25, -0.2) is 8.78 Å². The van der Waals surface area contributed by atoms with E-state index >= 15 is 0 Å². The number of aliphatic carboxylic acids is 1. The fraction of sp³-hybridized carbons (Fsp3) is 0.429. The van der Waals surface area contributed by atoms with E-state index in [2.05, 4.69) is 26.8 Å². The third-order valence-electron chi connectivity index (χ3n) is 8.27. The molecule has 0 radical (unpaired) electrons. The maximum atomic E-state index is 14.6. The summed E-state index contributed by atoms with van der Waals surface area (Å²) in [5.74, 6) is -0.835. The Morgan fingerprint density at radius 3 is 2.75 bits per heavy atom. The van der Waals surface area contributed by atoms with E-state index in [1.54, 1.807) is 0 Å². The van der Waals surface area contributed by atoms with Gasteiger partial charge in [0.1, 0.15) is 11.6 Å². The zero-order valence-electron chi connectivity index (χ0n) is 20.3. The van der Waals surface area contributed by atoms with Crippen LogP contribution in [0.25, 0.3) is 11.4 Å². The normalized spacial score (nSPS) is 27.2. The van der Waals surface area contributed by atoms with Gasteiger partial charge in [0.25, 0.3) is 0 Å². The number of allylic oxidation sites excluding steroid dienone is 2. The van der Waals surface area contributed by atoms with E-state index in [9.17, 15) is 13.6 Å². The van der Waals surface area contributed by atoms with Crippen molar-refractivity contribution in [3.8, 4) is 0 Å². The van der Waals surface area contributed by atoms with E-state index in [0.29, 0.717) is 35.3 Å². The smallest absolute Gasteiger partial charge is 0.303 e. The lowest BCUT2D eigenvalue weighted by molar-refractivity contribution is -0.138. The van der Waals surface area contributed by atoms with Crippen LogP contribution in [0.5, 0.6) is 0 Å². The molecular weight excluding hydrogens is 462 g/mol. The minimum atomic E-state index is -0.702. The van der Waals surface area contributed by atoms with Crippen molar-refractivity contribution in [1.82, 2.24) is 15.6 Å². The summed E-state index contributed by atoms with van der Waals surface area (Å²) in [6.45, 7) is 1.47. The Balaban J connectivity index is 1.30. The van der Waals surface area contributed by atoms with Crippen LogP contribution in [0, 0.1) is 17.7 Å². The molecular formula is C28H30F2N4O2. The average Bonchev–Trinajstić information content (AvgIpc) is 3.08. The molecule has 3 heterocycles. The van der Waals surface area contributed by atoms with Crippen LogP contribution in [0.1, 0.15) is 55.2 Å². The van der Waals surface area contributed by atoms with E-state index in [4.69, 9.17) is 5.11 Å². The highest BCUT2D eigenvalue weighted by molar-refractivity contribution is 6.21. The summed E-state index contributed by atoms with van der Waals surface area (Å²) >= 11 is 0. The number of likely N-dealkylation sites (N-methyl/N-ethyl adjacent to an activating group) is 1. The van der Waals surface area contributed by atoms with E-state index in [-0.39, 0.29) is 17.9 Å². The first-order chi connectivity index (χ1) is 17.4. The molecule has 1 aromatic carbocycles. The number of hydrogen-bond acceptors (Lipinski definition) is 5. The van der Waals surface area contributed by atoms with Crippen molar-refractivity contribution < 1.29 is 18.7 Å². The molecule has 36 heavy (non-hydrogen) atoms. The Bertz CT molecular complexity index is 1280. The van der Waals surface area contributed by atoms with Gasteiger partial charge in [-0.15, -0.1) is 0 Å². The van der Waals surface area contributed by atoms with Gasteiger partial charge < -0.3 is 15.3 Å². The number of halogens is 2. The number of rotatable bonds is 4. The van der Waals surface area contributed by atoms with Crippen molar-refractivity contribution in [2.24, 2.45) is 16.9 Å². The van der Waals surface area contributed by atoms with E-state index in [0.717, 1.165) is 55.5 Å². The Hall–Kier alpha value is -3.26. The van der Waals surface area contributed by atoms with Gasteiger partial charge in [0.2, 0.25) is 0 Å². The minimum absolute atomic E-state index is 0.252. The highest BCUT2D eigenvalue weighted by Gasteiger charge is 2.35. The van der Waals surface area contributed by atoms with Gasteiger partial charge in [-0.05, 0) is 67.2 Å². The Labute approximate surface area is 209 Å². The van der Waals surface area contributed by atoms with Gasteiger partial charge in [-0.1, -0.05) is 6.08 Å². The third kappa shape index (κ3) is 4.07. The molecule has 6 nitrogen and oxygen atoms in total. The first-order valence-corrected chi connectivity index (χ1v) is 12.7. The minimum Gasteiger partial charge on any atom is -0.481 e. The SMILES string of the molecule is CN1C=C2C(=C(C3=CCNC(C4CCC(CC(=O)O)CC4)C3)C1)NN=C1C=C(F)c3cc(F)cc2c31. The first kappa shape index (κ1) is 23.2. The summed E-state index contributed by atoms with van der Waals surface area (Å²) in [4.78, 5) is 13.2. The number of hydrazone groups is 1. The lowest BCUT2D eigenvalue weighted by Crippen LogP contribution is -2.42. The van der Waals surface area contributed by atoms with Crippen LogP contribution in [0.2, 0.25) is 0 Å². The fourth-order valence-electron chi connectivity index (χ4n) is 6.52. The molecule has 3 N–H and O–H groups in total. The molecule has 1 unspecified atom stereocenters. The number of nitrogens with zero attached hydrogens (tertiary/aromatic N) is 2. The topological polar surface area (TPSA) is 77.0 Å². The van der Waals surface area contributed by atoms with Crippen LogP contribution >= 0.6 is 0 Å². The molecule has 2 aliphatic carbocycles. The Morgan fingerprint density at radius 1 is 1.19 bits per heavy atom. The number of nitrogens with one attached hydrogen (secondary N) is 2. The second-order valence-corrected chi connectivity index (χ2v) is 10.6. The van der Waals surface area contributed by atoms with Crippen molar-refractivity contribution in [1.29, 1.82) is 0 Å². The van der Waals surface area contributed by atoms with Crippen molar-refractivity contribution in [3.63, 3.8) is 0 Å². The molecule has 0 saturated heterocycles. The van der Waals surface area contributed by atoms with Crippen LogP contribution in [0.15, 0.2) is 52.4 Å². The molecule has 0 aromatic heterocycles. The maximum absolute atomic E-state index is 14.6. The number of hydrogen-bond donors (Lipinski definition) is 3. The predicted molar refractivity (Wildman–Crippen MR) is 135 cm³/mol. The molecule has 0 bridgehead atoms. The summed E-state index contributed by atoms with van der Waals surface area (Å²) in [6.07, 6.45) is 10.7. The van der Waals surface area contributed by atoms with Crippen LogP contribution in [-0.2, 0) is 4.79 Å². The predicted octanol–water partition coefficient (Wildman–Crippen LogP) is 4.57. The molecule has 1 fully saturated rings. The molecule has 0 amide bonds. The van der Waals surface area contributed by atoms with Crippen molar-refractivity contribution in [3.05, 3.63) is 69.8 Å². The van der Waals surface area contributed by atoms with E-state index < -0.39 is 17.6 Å². The average molecular weight is 493 g/mol. The number of fused-ring (bicyclic) bond motifs is 2. The summed E-state index contributed by atoms with van der Waals surface area (Å²) in [6, 6.07) is 3.05. The van der Waals surface area contributed by atoms with Gasteiger partial charge >= 0.3 is 5.97 Å². The lowest BCUT2D eigenvalue weighted by atomic mass is 9.74. The van der Waals surface area contributed by atoms with Gasteiger partial charge in [-0.3, -0.25) is 10.2 Å². The molecule has 1 atom stereocenters. The molecule has 3 aliphatic heterocycles. The molecule has 5 aliphatic rings. The summed E-state index contributed by atoms with van der Waals surface area (Å²) in [5.41, 5.74) is 9.29. The molecule has 188 valence electrons. The Morgan fingerprint density at radius 2 is 1.97 bits per heavy atom. The second-order valence-electron chi connectivity index (χ2n) is 10.6. The zero-order chi connectivity index (χ0) is 25.0. The third-order valence-corrected chi connectivity index (χ3v) is 8.27. The monoisotopic (exact) mass is 492 g/mol. The summed E-state index contributed by atoms with van der Waals surface area (Å²) in [5, 5.41) is 17.3. The molecule has 1 saturated carbocycles. The molecule has 1 aromatic rings. The standard InChI is InChI=1S/C28H30F2N4O2/c1-34-13-21(17-6-7-31-24(9-17)16-4-2-15(3-5-16)8-26(35)36)28-22(14-34)19-10-18(29)11-20-23(30)12-25(27(19)20)32-33-28/h6,10-12,14-16,24,31,33H,2-5,7-9,13H2,1H3,(H,35,36). The van der Waals surface area contributed by atoms with Gasteiger partial charge in [0.05, 0.1) is 11.4 Å². The van der Waals surface area contributed by atoms with Gasteiger partial charge in [0.15, 0.2) is 0 Å². The van der Waals surface area contributed by atoms with Crippen LogP contribution in [-0.4, -0.2) is 47.9 Å². The van der Waals surface area contributed by atoms with Crippen molar-refractivity contribution >= 4 is 23.1 Å². The number of carboxylic acids is 1. The van der Waals surface area contributed by atoms with Crippen molar-refractivity contribution in [2.75, 3.05) is 20.1 Å². The maximum Gasteiger partial charge on any atom is 0.303 e. The molecule has 6 rings (SSSR count). The molecule has 0 spiro atoms. The largest absolute Gasteiger partial charge is 0.481 e. The van der Waals surface area contributed by atoms with Crippen LogP contribution < -0.4 is 10.7 Å². The van der Waals surface area contributed by atoms with Crippen LogP contribution in [0.4, 0.5) is 8.78 Å². The Kier molecular flexibility index (Phi) is 5.79. The second kappa shape index (κ2) is 9.00.